The molecule has 0 heterocycles. The zero-order chi connectivity index (χ0) is 12.9. The van der Waals surface area contributed by atoms with Gasteiger partial charge in [-0.15, -0.1) is 0 Å². The molecule has 0 amide bonds. The highest BCUT2D eigenvalue weighted by atomic mass is 32.4. The van der Waals surface area contributed by atoms with Crippen molar-refractivity contribution in [1.29, 1.82) is 0 Å². The van der Waals surface area contributed by atoms with E-state index in [2.05, 4.69) is 74.0 Å². The molecule has 0 fully saturated rings. The van der Waals surface area contributed by atoms with Crippen LogP contribution in [0, 0.1) is 6.92 Å². The van der Waals surface area contributed by atoms with Gasteiger partial charge in [-0.3, -0.25) is 4.99 Å². The van der Waals surface area contributed by atoms with Crippen molar-refractivity contribution in [3.63, 3.8) is 0 Å². The van der Waals surface area contributed by atoms with Crippen molar-refractivity contribution in [2.45, 2.75) is 38.7 Å². The summed E-state index contributed by atoms with van der Waals surface area (Å²) in [6.07, 6.45) is 2.01. The fourth-order valence-electron chi connectivity index (χ4n) is 1.67. The van der Waals surface area contributed by atoms with Gasteiger partial charge in [0, 0.05) is 11.5 Å². The number of rotatable bonds is 5. The van der Waals surface area contributed by atoms with Gasteiger partial charge in [-0.05, 0) is 18.1 Å². The normalized spacial score (nSPS) is 14.2. The summed E-state index contributed by atoms with van der Waals surface area (Å²) in [5, 5.41) is 0.627. The van der Waals surface area contributed by atoms with E-state index in [4.69, 9.17) is 0 Å². The Balaban J connectivity index is 2.48. The molecule has 1 nitrogen and oxygen atoms in total. The molecule has 0 radical (unpaired) electrons. The zero-order valence-electron chi connectivity index (χ0n) is 11.5. The number of benzene rings is 1. The summed E-state index contributed by atoms with van der Waals surface area (Å²) in [4.78, 5) is 4.56. The van der Waals surface area contributed by atoms with Gasteiger partial charge in [-0.1, -0.05) is 50.8 Å². The van der Waals surface area contributed by atoms with Crippen molar-refractivity contribution >= 4 is 24.6 Å². The Morgan fingerprint density at radius 1 is 1.29 bits per heavy atom. The monoisotopic (exact) mass is 265 g/mol. The highest BCUT2D eigenvalue weighted by Crippen LogP contribution is 2.24. The molecule has 0 aliphatic heterocycles. The third kappa shape index (κ3) is 6.08. The van der Waals surface area contributed by atoms with E-state index in [0.717, 1.165) is 6.54 Å². The molecule has 0 saturated carbocycles. The second-order valence-corrected chi connectivity index (χ2v) is 15.0. The second-order valence-electron chi connectivity index (χ2n) is 5.39. The predicted octanol–water partition coefficient (Wildman–Crippen LogP) is 4.37. The maximum absolute atomic E-state index is 4.56. The van der Waals surface area contributed by atoms with E-state index in [1.54, 1.807) is 0 Å². The quantitative estimate of drug-likeness (QED) is 0.569. The lowest BCUT2D eigenvalue weighted by Crippen LogP contribution is -2.20. The lowest BCUT2D eigenvalue weighted by molar-refractivity contribution is 0.961. The minimum Gasteiger partial charge on any atom is -0.291 e. The Kier molecular flexibility index (Phi) is 5.47. The maximum atomic E-state index is 4.56. The van der Waals surface area contributed by atoms with Crippen LogP contribution in [0.2, 0.25) is 19.6 Å². The number of hydrogen-bond acceptors (Lipinski definition) is 2. The van der Waals surface area contributed by atoms with Gasteiger partial charge in [-0.25, -0.2) is 0 Å². The van der Waals surface area contributed by atoms with Crippen molar-refractivity contribution in [3.8, 4) is 0 Å². The average molecular weight is 265 g/mol. The van der Waals surface area contributed by atoms with Crippen LogP contribution in [0.1, 0.15) is 18.1 Å². The number of aliphatic imine (C=N–C) groups is 1. The van der Waals surface area contributed by atoms with Gasteiger partial charge in [0.15, 0.2) is 0 Å². The molecule has 0 bridgehead atoms. The smallest absolute Gasteiger partial charge is 0.108 e. The molecule has 1 rings (SSSR count). The first kappa shape index (κ1) is 14.5. The van der Waals surface area contributed by atoms with Crippen LogP contribution in [0.3, 0.4) is 0 Å². The Labute approximate surface area is 110 Å². The summed E-state index contributed by atoms with van der Waals surface area (Å²) in [5.74, 6) is 0. The van der Waals surface area contributed by atoms with Gasteiger partial charge in [0.05, 0.1) is 6.54 Å². The first-order valence-electron chi connectivity index (χ1n) is 6.12. The van der Waals surface area contributed by atoms with Crippen molar-refractivity contribution in [2.24, 2.45) is 4.99 Å². The molecule has 1 aromatic carbocycles. The lowest BCUT2D eigenvalue weighted by Gasteiger charge is -2.19. The van der Waals surface area contributed by atoms with Crippen molar-refractivity contribution in [2.75, 3.05) is 6.54 Å². The van der Waals surface area contributed by atoms with E-state index in [1.807, 2.05) is 6.21 Å². The fraction of sp³-hybridized carbons (Fsp3) is 0.500. The highest BCUT2D eigenvalue weighted by Gasteiger charge is 2.17. The third-order valence-corrected chi connectivity index (χ3v) is 6.92. The van der Waals surface area contributed by atoms with E-state index in [-0.39, 0.29) is 0 Å². The number of aryl methyl sites for hydroxylation is 1. The Bertz CT molecular complexity index is 382. The summed E-state index contributed by atoms with van der Waals surface area (Å²) in [5.41, 5.74) is 2.53. The van der Waals surface area contributed by atoms with Gasteiger partial charge < -0.3 is 0 Å². The summed E-state index contributed by atoms with van der Waals surface area (Å²) in [6.45, 7) is 12.5. The van der Waals surface area contributed by atoms with Gasteiger partial charge in [0.2, 0.25) is 0 Å². The van der Waals surface area contributed by atoms with Crippen LogP contribution >= 0.6 is 11.2 Å². The Morgan fingerprint density at radius 2 is 1.94 bits per heavy atom. The zero-order valence-corrected chi connectivity index (χ0v) is 13.3. The van der Waals surface area contributed by atoms with E-state index in [9.17, 15) is 0 Å². The standard InChI is InChI=1S/C14H23NSSi/c1-12-8-6-7-9-14(12)11-15-10-13(2)16-17(3,4)5/h6-9,11,13H,10H2,1-5H3/b15-11-. The molecule has 0 aliphatic carbocycles. The largest absolute Gasteiger partial charge is 0.291 e. The van der Waals surface area contributed by atoms with Crippen LogP contribution in [-0.4, -0.2) is 25.2 Å². The van der Waals surface area contributed by atoms with E-state index in [1.165, 1.54) is 11.1 Å². The molecule has 94 valence electrons. The van der Waals surface area contributed by atoms with Crippen LogP contribution in [0.15, 0.2) is 29.3 Å². The van der Waals surface area contributed by atoms with Gasteiger partial charge >= 0.3 is 0 Å². The third-order valence-electron chi connectivity index (χ3n) is 2.34. The fourth-order valence-corrected chi connectivity index (χ4v) is 6.88. The summed E-state index contributed by atoms with van der Waals surface area (Å²) in [7, 11) is -1.02. The maximum Gasteiger partial charge on any atom is 0.108 e. The van der Waals surface area contributed by atoms with Gasteiger partial charge in [0.1, 0.15) is 7.22 Å². The van der Waals surface area contributed by atoms with E-state index < -0.39 is 7.22 Å². The Hall–Kier alpha value is -0.543. The molecule has 3 heteroatoms. The molecule has 0 N–H and O–H groups in total. The number of nitrogens with zero attached hydrogens (tertiary/aromatic N) is 1. The van der Waals surface area contributed by atoms with Gasteiger partial charge in [0.25, 0.3) is 0 Å². The van der Waals surface area contributed by atoms with Crippen LogP contribution in [0.5, 0.6) is 0 Å². The SMILES string of the molecule is Cc1ccccc1/C=N\CC(C)S[Si](C)(C)C. The van der Waals surface area contributed by atoms with Gasteiger partial charge in [-0.2, -0.15) is 11.2 Å². The minimum absolute atomic E-state index is 0.627. The number of hydrogen-bond donors (Lipinski definition) is 0. The van der Waals surface area contributed by atoms with Crippen molar-refractivity contribution in [1.82, 2.24) is 0 Å². The van der Waals surface area contributed by atoms with Crippen LogP contribution in [0.25, 0.3) is 0 Å². The second kappa shape index (κ2) is 6.41. The summed E-state index contributed by atoms with van der Waals surface area (Å²) < 4.78 is 0. The molecule has 0 aliphatic rings. The summed E-state index contributed by atoms with van der Waals surface area (Å²) >= 11 is 2.12. The molecule has 17 heavy (non-hydrogen) atoms. The molecule has 1 atom stereocenters. The molecule has 0 aromatic heterocycles. The first-order valence-corrected chi connectivity index (χ1v) is 11.2. The molecule has 1 aromatic rings. The van der Waals surface area contributed by atoms with E-state index >= 15 is 0 Å². The molecule has 0 saturated heterocycles. The summed E-state index contributed by atoms with van der Waals surface area (Å²) in [6, 6.07) is 8.38. The Morgan fingerprint density at radius 3 is 2.53 bits per heavy atom. The molecule has 1 unspecified atom stereocenters. The molecular formula is C14H23NSSi. The van der Waals surface area contributed by atoms with Crippen LogP contribution in [0.4, 0.5) is 0 Å². The van der Waals surface area contributed by atoms with E-state index in [0.29, 0.717) is 5.25 Å². The topological polar surface area (TPSA) is 12.4 Å². The van der Waals surface area contributed by atoms with Crippen LogP contribution < -0.4 is 0 Å². The highest BCUT2D eigenvalue weighted by molar-refractivity contribution is 8.29. The van der Waals surface area contributed by atoms with Crippen molar-refractivity contribution in [3.05, 3.63) is 35.4 Å². The average Bonchev–Trinajstić information content (AvgIpc) is 2.18. The molecule has 0 spiro atoms. The lowest BCUT2D eigenvalue weighted by atomic mass is 10.1. The van der Waals surface area contributed by atoms with Crippen molar-refractivity contribution < 1.29 is 0 Å². The molecular weight excluding hydrogens is 242 g/mol. The minimum atomic E-state index is -1.02. The first-order chi connectivity index (χ1) is 7.88. The predicted molar refractivity (Wildman–Crippen MR) is 84.0 cm³/mol. The van der Waals surface area contributed by atoms with Crippen LogP contribution in [-0.2, 0) is 0 Å².